The van der Waals surface area contributed by atoms with Gasteiger partial charge in [0.1, 0.15) is 0 Å². The highest BCUT2D eigenvalue weighted by Crippen LogP contribution is 2.38. The first-order valence-electron chi connectivity index (χ1n) is 5.16. The summed E-state index contributed by atoms with van der Waals surface area (Å²) in [4.78, 5) is 1.40. The summed E-state index contributed by atoms with van der Waals surface area (Å²) in [5, 5.41) is 0.533. The molecule has 1 aliphatic heterocycles. The summed E-state index contributed by atoms with van der Waals surface area (Å²) < 4.78 is 0. The first-order valence-corrected chi connectivity index (χ1v) is 6.04. The molecule has 1 aliphatic rings. The van der Waals surface area contributed by atoms with E-state index in [4.69, 9.17) is 5.84 Å². The number of nitrogens with two attached hydrogens (primary N) is 1. The van der Waals surface area contributed by atoms with Crippen LogP contribution in [0.15, 0.2) is 41.8 Å². The number of hydrogen-bond donors (Lipinski definition) is 2. The van der Waals surface area contributed by atoms with Crippen LogP contribution in [-0.2, 0) is 6.42 Å². The van der Waals surface area contributed by atoms with E-state index in [1.165, 1.54) is 10.5 Å². The maximum Gasteiger partial charge on any atom is 0.0370 e. The van der Waals surface area contributed by atoms with Gasteiger partial charge in [0, 0.05) is 16.2 Å². The number of thioether (sulfide) groups is 1. The molecule has 2 nitrogen and oxygen atoms in total. The number of rotatable bonds is 4. The lowest BCUT2D eigenvalue weighted by Gasteiger charge is -2.20. The molecule has 0 saturated carbocycles. The Kier molecular flexibility index (Phi) is 3.46. The van der Waals surface area contributed by atoms with Crippen LogP contribution in [0.4, 0.5) is 0 Å². The van der Waals surface area contributed by atoms with E-state index >= 15 is 0 Å². The van der Waals surface area contributed by atoms with Crippen LogP contribution >= 0.6 is 11.8 Å². The molecular weight excluding hydrogens is 204 g/mol. The molecule has 0 aliphatic carbocycles. The Morgan fingerprint density at radius 3 is 3.07 bits per heavy atom. The fourth-order valence-corrected chi connectivity index (χ4v) is 3.34. The fourth-order valence-electron chi connectivity index (χ4n) is 1.94. The van der Waals surface area contributed by atoms with Gasteiger partial charge in [-0.05, 0) is 24.5 Å². The second-order valence-electron chi connectivity index (χ2n) is 3.77. The normalized spacial score (nSPS) is 21.0. The molecule has 3 N–H and O–H groups in total. The van der Waals surface area contributed by atoms with Crippen molar-refractivity contribution in [1.82, 2.24) is 5.43 Å². The molecule has 3 heteroatoms. The molecule has 80 valence electrons. The largest absolute Gasteiger partial charge is 0.271 e. The first kappa shape index (κ1) is 10.7. The van der Waals surface area contributed by atoms with E-state index in [1.54, 1.807) is 0 Å². The molecule has 1 aromatic rings. The highest BCUT2D eigenvalue weighted by Gasteiger charge is 2.27. The van der Waals surface area contributed by atoms with Gasteiger partial charge >= 0.3 is 0 Å². The summed E-state index contributed by atoms with van der Waals surface area (Å²) in [5.41, 5.74) is 4.33. The van der Waals surface area contributed by atoms with Gasteiger partial charge in [0.15, 0.2) is 0 Å². The minimum atomic E-state index is 0.319. The predicted molar refractivity (Wildman–Crippen MR) is 65.7 cm³/mol. The highest BCUT2D eigenvalue weighted by atomic mass is 32.2. The van der Waals surface area contributed by atoms with Crippen molar-refractivity contribution < 1.29 is 0 Å². The van der Waals surface area contributed by atoms with Gasteiger partial charge in [-0.3, -0.25) is 11.3 Å². The van der Waals surface area contributed by atoms with Gasteiger partial charge in [-0.2, -0.15) is 0 Å². The summed E-state index contributed by atoms with van der Waals surface area (Å²) in [6, 6.07) is 8.89. The van der Waals surface area contributed by atoms with Gasteiger partial charge in [0.05, 0.1) is 0 Å². The summed E-state index contributed by atoms with van der Waals surface area (Å²) in [7, 11) is 0. The highest BCUT2D eigenvalue weighted by molar-refractivity contribution is 8.00. The Morgan fingerprint density at radius 2 is 2.40 bits per heavy atom. The van der Waals surface area contributed by atoms with Gasteiger partial charge in [-0.25, -0.2) is 0 Å². The predicted octanol–water partition coefficient (Wildman–Crippen LogP) is 2.11. The summed E-state index contributed by atoms with van der Waals surface area (Å²) in [6.07, 6.45) is 3.94. The molecule has 0 fully saturated rings. The molecular formula is C12H16N2S. The smallest absolute Gasteiger partial charge is 0.0370 e. The topological polar surface area (TPSA) is 38.0 Å². The molecule has 1 aromatic carbocycles. The van der Waals surface area contributed by atoms with Crippen molar-refractivity contribution >= 4 is 11.8 Å². The van der Waals surface area contributed by atoms with Crippen LogP contribution in [0.2, 0.25) is 0 Å². The van der Waals surface area contributed by atoms with Crippen molar-refractivity contribution in [1.29, 1.82) is 0 Å². The zero-order chi connectivity index (χ0) is 10.7. The molecule has 0 spiro atoms. The summed E-state index contributed by atoms with van der Waals surface area (Å²) >= 11 is 1.92. The van der Waals surface area contributed by atoms with Gasteiger partial charge in [-0.1, -0.05) is 24.3 Å². The molecule has 0 saturated heterocycles. The van der Waals surface area contributed by atoms with E-state index in [0.717, 1.165) is 12.8 Å². The van der Waals surface area contributed by atoms with Gasteiger partial charge in [0.25, 0.3) is 0 Å². The van der Waals surface area contributed by atoms with Crippen LogP contribution in [-0.4, -0.2) is 11.3 Å². The van der Waals surface area contributed by atoms with E-state index in [2.05, 4.69) is 36.3 Å². The quantitative estimate of drug-likeness (QED) is 0.464. The minimum Gasteiger partial charge on any atom is -0.271 e. The average Bonchev–Trinajstić information content (AvgIpc) is 2.69. The zero-order valence-corrected chi connectivity index (χ0v) is 9.46. The standard InChI is InChI=1S/C12H16N2S/c1-2-5-10(14-13)12-8-9-6-3-4-7-11(9)15-12/h2-4,6-7,10,12,14H,1,5,8,13H2. The lowest BCUT2D eigenvalue weighted by Crippen LogP contribution is -2.42. The monoisotopic (exact) mass is 220 g/mol. The van der Waals surface area contributed by atoms with Crippen LogP contribution in [0.25, 0.3) is 0 Å². The molecule has 2 unspecified atom stereocenters. The molecule has 0 amide bonds. The van der Waals surface area contributed by atoms with Crippen LogP contribution < -0.4 is 11.3 Å². The fraction of sp³-hybridized carbons (Fsp3) is 0.333. The van der Waals surface area contributed by atoms with Crippen molar-refractivity contribution in [3.05, 3.63) is 42.5 Å². The van der Waals surface area contributed by atoms with E-state index in [0.29, 0.717) is 11.3 Å². The second kappa shape index (κ2) is 4.84. The third kappa shape index (κ3) is 2.25. The van der Waals surface area contributed by atoms with Crippen molar-refractivity contribution in [2.75, 3.05) is 0 Å². The molecule has 2 rings (SSSR count). The average molecular weight is 220 g/mol. The van der Waals surface area contributed by atoms with E-state index in [1.807, 2.05) is 17.8 Å². The van der Waals surface area contributed by atoms with Crippen molar-refractivity contribution in [3.8, 4) is 0 Å². The number of nitrogens with one attached hydrogen (secondary N) is 1. The van der Waals surface area contributed by atoms with E-state index in [-0.39, 0.29) is 0 Å². The van der Waals surface area contributed by atoms with Gasteiger partial charge < -0.3 is 0 Å². The number of hydrazine groups is 1. The molecule has 0 radical (unpaired) electrons. The first-order chi connectivity index (χ1) is 7.35. The van der Waals surface area contributed by atoms with Crippen LogP contribution in [0.3, 0.4) is 0 Å². The molecule has 2 atom stereocenters. The lowest BCUT2D eigenvalue weighted by molar-refractivity contribution is 0.514. The number of fused-ring (bicyclic) bond motifs is 1. The molecule has 1 heterocycles. The maximum atomic E-state index is 5.56. The molecule has 0 bridgehead atoms. The van der Waals surface area contributed by atoms with Crippen molar-refractivity contribution in [2.45, 2.75) is 29.0 Å². The van der Waals surface area contributed by atoms with Gasteiger partial charge in [-0.15, -0.1) is 18.3 Å². The Bertz CT molecular complexity index is 326. The Balaban J connectivity index is 2.08. The van der Waals surface area contributed by atoms with Gasteiger partial charge in [0.2, 0.25) is 0 Å². The lowest BCUT2D eigenvalue weighted by atomic mass is 10.0. The molecule has 0 aromatic heterocycles. The Morgan fingerprint density at radius 1 is 1.60 bits per heavy atom. The summed E-state index contributed by atoms with van der Waals surface area (Å²) in [6.45, 7) is 3.76. The SMILES string of the molecule is C=CCC(NN)C1Cc2ccccc2S1. The Hall–Kier alpha value is -0.770. The third-order valence-corrected chi connectivity index (χ3v) is 4.21. The van der Waals surface area contributed by atoms with Crippen molar-refractivity contribution in [3.63, 3.8) is 0 Å². The third-order valence-electron chi connectivity index (χ3n) is 2.76. The zero-order valence-electron chi connectivity index (χ0n) is 8.65. The van der Waals surface area contributed by atoms with Crippen LogP contribution in [0.5, 0.6) is 0 Å². The molecule has 15 heavy (non-hydrogen) atoms. The maximum absolute atomic E-state index is 5.56. The van der Waals surface area contributed by atoms with E-state index in [9.17, 15) is 0 Å². The van der Waals surface area contributed by atoms with Crippen LogP contribution in [0, 0.1) is 0 Å². The minimum absolute atomic E-state index is 0.319. The van der Waals surface area contributed by atoms with Crippen molar-refractivity contribution in [2.24, 2.45) is 5.84 Å². The number of hydrogen-bond acceptors (Lipinski definition) is 3. The van der Waals surface area contributed by atoms with Crippen LogP contribution in [0.1, 0.15) is 12.0 Å². The Labute approximate surface area is 94.9 Å². The van der Waals surface area contributed by atoms with E-state index < -0.39 is 0 Å². The summed E-state index contributed by atoms with van der Waals surface area (Å²) in [5.74, 6) is 5.56. The second-order valence-corrected chi connectivity index (χ2v) is 5.05. The number of benzene rings is 1.